The van der Waals surface area contributed by atoms with E-state index in [9.17, 15) is 18.3 Å². The summed E-state index contributed by atoms with van der Waals surface area (Å²) in [6.45, 7) is 0.285. The fraction of sp³-hybridized carbons (Fsp3) is 0.462. The molecule has 1 aromatic carbocycles. The van der Waals surface area contributed by atoms with Crippen molar-refractivity contribution in [1.29, 1.82) is 0 Å². The molecule has 1 saturated carbocycles. The average Bonchev–Trinajstić information content (AvgIpc) is 2.36. The van der Waals surface area contributed by atoms with Gasteiger partial charge in [-0.25, -0.2) is 17.5 Å². The molecule has 2 rings (SSSR count). The van der Waals surface area contributed by atoms with Gasteiger partial charge in [-0.3, -0.25) is 0 Å². The average molecular weight is 299 g/mol. The van der Waals surface area contributed by atoms with E-state index in [1.165, 1.54) is 31.3 Å². The Bertz CT molecular complexity index is 607. The third-order valence-electron chi connectivity index (χ3n) is 3.53. The van der Waals surface area contributed by atoms with Crippen molar-refractivity contribution >= 4 is 16.0 Å². The first-order chi connectivity index (χ1) is 9.32. The van der Waals surface area contributed by atoms with Gasteiger partial charge in [0.2, 0.25) is 10.0 Å². The van der Waals surface area contributed by atoms with Gasteiger partial charge in [-0.05, 0) is 30.9 Å². The van der Waals surface area contributed by atoms with Gasteiger partial charge in [0.05, 0.1) is 16.6 Å². The third-order valence-corrected chi connectivity index (χ3v) is 5.41. The predicted molar refractivity (Wildman–Crippen MR) is 71.9 cm³/mol. The van der Waals surface area contributed by atoms with Crippen LogP contribution in [0, 0.1) is 5.92 Å². The van der Waals surface area contributed by atoms with Crippen LogP contribution in [0.4, 0.5) is 0 Å². The summed E-state index contributed by atoms with van der Waals surface area (Å²) < 4.78 is 26.0. The third kappa shape index (κ3) is 2.84. The Labute approximate surface area is 117 Å². The second kappa shape index (κ2) is 5.51. The monoisotopic (exact) mass is 299 g/mol. The summed E-state index contributed by atoms with van der Waals surface area (Å²) in [6, 6.07) is 5.56. The van der Waals surface area contributed by atoms with E-state index in [1.807, 2.05) is 0 Å². The maximum atomic E-state index is 12.4. The number of hydrogen-bond acceptors (Lipinski definition) is 4. The van der Waals surface area contributed by atoms with Crippen LogP contribution in [-0.2, 0) is 10.0 Å². The first-order valence-corrected chi connectivity index (χ1v) is 7.73. The number of carbonyl (C=O) groups is 1. The van der Waals surface area contributed by atoms with Gasteiger partial charge in [-0.1, -0.05) is 12.1 Å². The number of carboxylic acids is 1. The smallest absolute Gasteiger partial charge is 0.337 e. The highest BCUT2D eigenvalue weighted by Crippen LogP contribution is 2.29. The molecular formula is C13H17NO5S. The Morgan fingerprint density at radius 2 is 1.95 bits per heavy atom. The zero-order valence-electron chi connectivity index (χ0n) is 11.1. The van der Waals surface area contributed by atoms with Crippen LogP contribution in [0.25, 0.3) is 0 Å². The van der Waals surface area contributed by atoms with E-state index in [0.29, 0.717) is 12.8 Å². The molecule has 0 radical (unpaired) electrons. The number of benzene rings is 1. The molecule has 0 aliphatic heterocycles. The van der Waals surface area contributed by atoms with Crippen LogP contribution in [0.15, 0.2) is 29.2 Å². The van der Waals surface area contributed by atoms with E-state index >= 15 is 0 Å². The standard InChI is InChI=1S/C13H17NO5S/c1-14(8-9-6-10(15)7-9)20(18,19)12-5-3-2-4-11(12)13(16)17/h2-5,9-10,15H,6-8H2,1H3,(H,16,17). The molecule has 0 aromatic heterocycles. The number of rotatable bonds is 5. The second-order valence-electron chi connectivity index (χ2n) is 5.08. The van der Waals surface area contributed by atoms with Crippen LogP contribution in [0.2, 0.25) is 0 Å². The summed E-state index contributed by atoms with van der Waals surface area (Å²) in [7, 11) is -2.40. The van der Waals surface area contributed by atoms with Gasteiger partial charge >= 0.3 is 5.97 Å². The molecule has 0 saturated heterocycles. The molecule has 7 heteroatoms. The van der Waals surface area contributed by atoms with Gasteiger partial charge in [-0.15, -0.1) is 0 Å². The number of nitrogens with zero attached hydrogens (tertiary/aromatic N) is 1. The van der Waals surface area contributed by atoms with Gasteiger partial charge in [0, 0.05) is 13.6 Å². The van der Waals surface area contributed by atoms with Crippen LogP contribution < -0.4 is 0 Å². The molecule has 2 N–H and O–H groups in total. The zero-order chi connectivity index (χ0) is 14.9. The van der Waals surface area contributed by atoms with Crippen molar-refractivity contribution in [2.45, 2.75) is 23.8 Å². The molecule has 6 nitrogen and oxygen atoms in total. The Morgan fingerprint density at radius 3 is 2.50 bits per heavy atom. The summed E-state index contributed by atoms with van der Waals surface area (Å²) in [5.41, 5.74) is -0.229. The minimum atomic E-state index is -3.83. The van der Waals surface area contributed by atoms with Crippen LogP contribution in [0.5, 0.6) is 0 Å². The number of aromatic carboxylic acids is 1. The zero-order valence-corrected chi connectivity index (χ0v) is 11.9. The summed E-state index contributed by atoms with van der Waals surface area (Å²) in [5.74, 6) is -1.14. The molecule has 0 unspecified atom stereocenters. The van der Waals surface area contributed by atoms with E-state index in [2.05, 4.69) is 0 Å². The normalized spacial score (nSPS) is 22.6. The lowest BCUT2D eigenvalue weighted by Crippen LogP contribution is -2.39. The maximum Gasteiger partial charge on any atom is 0.337 e. The number of hydrogen-bond donors (Lipinski definition) is 2. The summed E-state index contributed by atoms with van der Waals surface area (Å²) in [6.07, 6.45) is 0.823. The van der Waals surface area contributed by atoms with E-state index in [4.69, 9.17) is 5.11 Å². The lowest BCUT2D eigenvalue weighted by molar-refractivity contribution is 0.0367. The van der Waals surface area contributed by atoms with Crippen molar-refractivity contribution in [3.63, 3.8) is 0 Å². The first kappa shape index (κ1) is 15.0. The van der Waals surface area contributed by atoms with E-state index in [-0.39, 0.29) is 29.0 Å². The summed E-state index contributed by atoms with van der Waals surface area (Å²) in [5, 5.41) is 18.3. The molecule has 0 amide bonds. The molecule has 20 heavy (non-hydrogen) atoms. The fourth-order valence-corrected chi connectivity index (χ4v) is 3.77. The van der Waals surface area contributed by atoms with Crippen molar-refractivity contribution in [1.82, 2.24) is 4.31 Å². The number of sulfonamides is 1. The molecule has 110 valence electrons. The minimum absolute atomic E-state index is 0.127. The van der Waals surface area contributed by atoms with Crippen LogP contribution in [0.3, 0.4) is 0 Å². The molecule has 1 aliphatic rings. The SMILES string of the molecule is CN(CC1CC(O)C1)S(=O)(=O)c1ccccc1C(=O)O. The van der Waals surface area contributed by atoms with Crippen molar-refractivity contribution in [3.05, 3.63) is 29.8 Å². The molecule has 1 aromatic rings. The lowest BCUT2D eigenvalue weighted by atomic mass is 9.82. The van der Waals surface area contributed by atoms with E-state index in [1.54, 1.807) is 0 Å². The lowest BCUT2D eigenvalue weighted by Gasteiger charge is -2.34. The topological polar surface area (TPSA) is 94.9 Å². The Hall–Kier alpha value is -1.44. The number of aliphatic hydroxyl groups excluding tert-OH is 1. The quantitative estimate of drug-likeness (QED) is 0.837. The van der Waals surface area contributed by atoms with Crippen molar-refractivity contribution < 1.29 is 23.4 Å². The highest BCUT2D eigenvalue weighted by molar-refractivity contribution is 7.89. The van der Waals surface area contributed by atoms with Crippen LogP contribution >= 0.6 is 0 Å². The van der Waals surface area contributed by atoms with E-state index in [0.717, 1.165) is 4.31 Å². The Morgan fingerprint density at radius 1 is 1.35 bits per heavy atom. The molecule has 0 heterocycles. The molecule has 0 atom stereocenters. The van der Waals surface area contributed by atoms with Gasteiger partial charge in [0.1, 0.15) is 0 Å². The van der Waals surface area contributed by atoms with Crippen LogP contribution in [-0.4, -0.2) is 48.6 Å². The molecule has 1 aliphatic carbocycles. The molecule has 0 bridgehead atoms. The van der Waals surface area contributed by atoms with Gasteiger partial charge in [0.15, 0.2) is 0 Å². The van der Waals surface area contributed by atoms with Gasteiger partial charge in [0.25, 0.3) is 0 Å². The highest BCUT2D eigenvalue weighted by Gasteiger charge is 2.33. The van der Waals surface area contributed by atoms with Crippen molar-refractivity contribution in [3.8, 4) is 0 Å². The van der Waals surface area contributed by atoms with E-state index < -0.39 is 16.0 Å². The molecule has 0 spiro atoms. The minimum Gasteiger partial charge on any atom is -0.478 e. The van der Waals surface area contributed by atoms with Gasteiger partial charge < -0.3 is 10.2 Å². The van der Waals surface area contributed by atoms with Crippen molar-refractivity contribution in [2.75, 3.05) is 13.6 Å². The largest absolute Gasteiger partial charge is 0.478 e. The second-order valence-corrected chi connectivity index (χ2v) is 7.09. The summed E-state index contributed by atoms with van der Waals surface area (Å²) in [4.78, 5) is 10.9. The Kier molecular flexibility index (Phi) is 4.12. The summed E-state index contributed by atoms with van der Waals surface area (Å²) >= 11 is 0. The molecular weight excluding hydrogens is 282 g/mol. The molecule has 1 fully saturated rings. The van der Waals surface area contributed by atoms with Crippen LogP contribution in [0.1, 0.15) is 23.2 Å². The van der Waals surface area contributed by atoms with Gasteiger partial charge in [-0.2, -0.15) is 0 Å². The van der Waals surface area contributed by atoms with Crippen molar-refractivity contribution in [2.24, 2.45) is 5.92 Å². The Balaban J connectivity index is 2.23. The first-order valence-electron chi connectivity index (χ1n) is 6.29. The maximum absolute atomic E-state index is 12.4. The fourth-order valence-electron chi connectivity index (χ4n) is 2.35. The number of aliphatic hydroxyl groups is 1. The number of carboxylic acid groups (broad SMARTS) is 1. The predicted octanol–water partition coefficient (Wildman–Crippen LogP) is 0.776. The highest BCUT2D eigenvalue weighted by atomic mass is 32.2.